The molecule has 4 heterocycles. The summed E-state index contributed by atoms with van der Waals surface area (Å²) in [6.45, 7) is 10.1. The third-order valence-corrected chi connectivity index (χ3v) is 6.45. The van der Waals surface area contributed by atoms with Crippen molar-refractivity contribution in [2.45, 2.75) is 6.42 Å². The van der Waals surface area contributed by atoms with E-state index in [1.54, 1.807) is 0 Å². The van der Waals surface area contributed by atoms with Gasteiger partial charge >= 0.3 is 151 Å². The van der Waals surface area contributed by atoms with Crippen molar-refractivity contribution in [2.75, 3.05) is 78.5 Å². The van der Waals surface area contributed by atoms with E-state index in [1.165, 1.54) is 6.42 Å². The van der Waals surface area contributed by atoms with E-state index in [0.717, 1.165) is 65.4 Å². The molecule has 0 amide bonds. The number of carbonyl (C=O) groups is 2. The van der Waals surface area contributed by atoms with E-state index in [4.69, 9.17) is 7.06 Å². The van der Waals surface area contributed by atoms with Gasteiger partial charge < -0.3 is 0 Å². The molecule has 0 spiro atoms. The quantitative estimate of drug-likeness (QED) is 0.447. The van der Waals surface area contributed by atoms with Crippen LogP contribution in [-0.2, 0) is 16.6 Å². The van der Waals surface area contributed by atoms with Crippen molar-refractivity contribution in [3.05, 3.63) is 0 Å². The topological polar surface area (TPSA) is 65.6 Å². The van der Waals surface area contributed by atoms with Gasteiger partial charge in [0.15, 0.2) is 0 Å². The van der Waals surface area contributed by atoms with Crippen LogP contribution in [0.5, 0.6) is 0 Å². The van der Waals surface area contributed by atoms with Crippen LogP contribution in [0.3, 0.4) is 0 Å². The van der Waals surface area contributed by atoms with E-state index < -0.39 is 18.1 Å². The molecule has 0 atom stereocenters. The summed E-state index contributed by atoms with van der Waals surface area (Å²) in [5, 5.41) is 0. The molecule has 4 bridgehead atoms. The maximum absolute atomic E-state index is 12.0. The van der Waals surface area contributed by atoms with Crippen LogP contribution < -0.4 is 0 Å². The van der Waals surface area contributed by atoms with Gasteiger partial charge in [0.05, 0.1) is 0 Å². The molecule has 0 aromatic rings. The van der Waals surface area contributed by atoms with Gasteiger partial charge in [0.25, 0.3) is 0 Å². The molecule has 0 aromatic carbocycles. The fourth-order valence-electron chi connectivity index (χ4n) is 3.43. The first-order chi connectivity index (χ1) is 11.7. The Kier molecular flexibility index (Phi) is 6.99. The zero-order valence-electron chi connectivity index (χ0n) is 14.2. The van der Waals surface area contributed by atoms with E-state index in [9.17, 15) is 9.59 Å². The predicted octanol–water partition coefficient (Wildman–Crippen LogP) is -1.75. The molecule has 133 valence electrons. The van der Waals surface area contributed by atoms with Crippen molar-refractivity contribution in [2.24, 2.45) is 0 Å². The molecular formula is C15H26GaN4O4. The number of fused-ring (bicyclic) bond motifs is 12. The number of carbonyl (C=O) groups excluding carboxylic acids is 2. The fraction of sp³-hybridized carbons (Fsp3) is 0.867. The minimum atomic E-state index is -1.72. The van der Waals surface area contributed by atoms with Crippen LogP contribution >= 0.6 is 0 Å². The Morgan fingerprint density at radius 1 is 0.583 bits per heavy atom. The van der Waals surface area contributed by atoms with E-state index in [0.29, 0.717) is 13.1 Å². The summed E-state index contributed by atoms with van der Waals surface area (Å²) < 4.78 is 10.4. The van der Waals surface area contributed by atoms with E-state index in [2.05, 4.69) is 19.6 Å². The van der Waals surface area contributed by atoms with Gasteiger partial charge in [-0.2, -0.15) is 0 Å². The molecule has 0 saturated carbocycles. The predicted molar refractivity (Wildman–Crippen MR) is 88.3 cm³/mol. The Labute approximate surface area is 151 Å². The zero-order chi connectivity index (χ0) is 16.8. The number of nitrogens with zero attached hydrogens (tertiary/aromatic N) is 4. The number of rotatable bonds is 0. The molecule has 0 unspecified atom stereocenters. The third-order valence-electron chi connectivity index (χ3n) is 4.94. The second-order valence-corrected chi connectivity index (χ2v) is 8.06. The Balaban J connectivity index is 1.79. The molecule has 8 nitrogen and oxygen atoms in total. The monoisotopic (exact) mass is 395 g/mol. The Morgan fingerprint density at radius 3 is 1.38 bits per heavy atom. The average molecular weight is 396 g/mol. The molecule has 0 aromatic heterocycles. The van der Waals surface area contributed by atoms with E-state index in [-0.39, 0.29) is 11.9 Å². The van der Waals surface area contributed by atoms with Gasteiger partial charge in [0.1, 0.15) is 0 Å². The number of hydrogen-bond acceptors (Lipinski definition) is 8. The van der Waals surface area contributed by atoms with Crippen LogP contribution in [0.4, 0.5) is 0 Å². The van der Waals surface area contributed by atoms with Gasteiger partial charge in [-0.15, -0.1) is 0 Å². The normalized spacial score (nSPS) is 36.2. The Hall–Kier alpha value is -0.584. The van der Waals surface area contributed by atoms with E-state index >= 15 is 0 Å². The summed E-state index contributed by atoms with van der Waals surface area (Å²) in [6, 6.07) is 0. The van der Waals surface area contributed by atoms with Gasteiger partial charge in [0.2, 0.25) is 0 Å². The zero-order valence-corrected chi connectivity index (χ0v) is 16.6. The standard InChI is InChI=1S/C15H28N4O4.Ga/c20-14(21)12-18-8-4-16-2-1-3-17(6-10-18)7-11-19(9-5-16)13-15(22)23;/h1-13H2,(H,20,21)(H,22,23);/q;+2/p-2. The van der Waals surface area contributed by atoms with Gasteiger partial charge in [-0.3, -0.25) is 0 Å². The molecule has 1 radical (unpaired) electrons. The van der Waals surface area contributed by atoms with Gasteiger partial charge in [-0.1, -0.05) is 0 Å². The van der Waals surface area contributed by atoms with E-state index in [1.807, 2.05) is 0 Å². The molecular weight excluding hydrogens is 370 g/mol. The maximum atomic E-state index is 12.0. The second kappa shape index (κ2) is 9.21. The summed E-state index contributed by atoms with van der Waals surface area (Å²) in [4.78, 5) is 33.3. The summed E-state index contributed by atoms with van der Waals surface area (Å²) in [7, 11) is 0. The summed E-state index contributed by atoms with van der Waals surface area (Å²) in [6.07, 6.45) is 1.18. The van der Waals surface area contributed by atoms with Crippen molar-refractivity contribution in [3.63, 3.8) is 0 Å². The Morgan fingerprint density at radius 2 is 0.958 bits per heavy atom. The SMILES string of the molecule is O=C1CN2CCN3CCCN(CC2)CCN(CC3)CC(=O)[O][Ga][O]1. The fourth-order valence-corrected chi connectivity index (χ4v) is 4.30. The third kappa shape index (κ3) is 5.75. The van der Waals surface area contributed by atoms with Crippen molar-refractivity contribution >= 4 is 30.1 Å². The molecule has 4 aliphatic rings. The summed E-state index contributed by atoms with van der Waals surface area (Å²) in [5.41, 5.74) is 0. The first-order valence-corrected chi connectivity index (χ1v) is 10.8. The first kappa shape index (κ1) is 18.2. The Bertz CT molecular complexity index is 399. The molecule has 4 rings (SSSR count). The van der Waals surface area contributed by atoms with Crippen LogP contribution in [0.15, 0.2) is 0 Å². The molecule has 9 heteroatoms. The summed E-state index contributed by atoms with van der Waals surface area (Å²) >= 11 is -1.72. The molecule has 0 aliphatic carbocycles. The van der Waals surface area contributed by atoms with Gasteiger partial charge in [-0.25, -0.2) is 0 Å². The number of hydrogen-bond donors (Lipinski definition) is 0. The van der Waals surface area contributed by atoms with Gasteiger partial charge in [-0.05, 0) is 0 Å². The van der Waals surface area contributed by atoms with Crippen molar-refractivity contribution in [1.29, 1.82) is 0 Å². The van der Waals surface area contributed by atoms with Crippen LogP contribution in [0.1, 0.15) is 6.42 Å². The first-order valence-electron chi connectivity index (χ1n) is 8.79. The van der Waals surface area contributed by atoms with Crippen molar-refractivity contribution < 1.29 is 16.6 Å². The van der Waals surface area contributed by atoms with Crippen molar-refractivity contribution in [3.8, 4) is 0 Å². The molecule has 24 heavy (non-hydrogen) atoms. The van der Waals surface area contributed by atoms with Crippen LogP contribution in [0.25, 0.3) is 0 Å². The molecule has 4 aliphatic heterocycles. The average Bonchev–Trinajstić information content (AvgIpc) is 2.56. The molecule has 4 fully saturated rings. The van der Waals surface area contributed by atoms with Gasteiger partial charge in [0, 0.05) is 0 Å². The van der Waals surface area contributed by atoms with Crippen LogP contribution in [-0.4, -0.2) is 128 Å². The molecule has 4 saturated heterocycles. The van der Waals surface area contributed by atoms with Crippen LogP contribution in [0, 0.1) is 0 Å². The molecule has 0 N–H and O–H groups in total. The summed E-state index contributed by atoms with van der Waals surface area (Å²) in [5.74, 6) is -0.520. The van der Waals surface area contributed by atoms with Crippen LogP contribution in [0.2, 0.25) is 0 Å². The second-order valence-electron chi connectivity index (χ2n) is 6.67. The minimum absolute atomic E-state index is 0.260. The van der Waals surface area contributed by atoms with Crippen molar-refractivity contribution in [1.82, 2.24) is 19.6 Å².